The summed E-state index contributed by atoms with van der Waals surface area (Å²) in [5.74, 6) is 0.717. The summed E-state index contributed by atoms with van der Waals surface area (Å²) in [5, 5.41) is 5.47. The second kappa shape index (κ2) is 10.9. The van der Waals surface area contributed by atoms with Gasteiger partial charge < -0.3 is 13.9 Å². The summed E-state index contributed by atoms with van der Waals surface area (Å²) >= 11 is 16.6. The zero-order valence-electron chi connectivity index (χ0n) is 17.6. The molecule has 6 nitrogen and oxygen atoms in total. The molecule has 0 atom stereocenters. The van der Waals surface area contributed by atoms with Crippen LogP contribution in [0.5, 0.6) is 11.5 Å². The van der Waals surface area contributed by atoms with Gasteiger partial charge in [0.25, 0.3) is 0 Å². The molecule has 34 heavy (non-hydrogen) atoms. The molecule has 4 aromatic rings. The minimum Gasteiger partial charge on any atom is -0.493 e. The standard InChI is InChI=1S/C24H16Br3ClN2O4/c1-32-20-8-15(17(26)10-21(20)33-12-13-4-2-3-5-19(13)28)11-29-30-24(31)22-7-14-6-16(25)9-18(27)23(14)34-22/h2-11H,12H2,1H3,(H,30,31)/b29-11-. The Bertz CT molecular complexity index is 1400. The third-order valence-corrected chi connectivity index (χ3v) is 6.86. The maximum Gasteiger partial charge on any atom is 0.307 e. The number of nitrogens with zero attached hydrogens (tertiary/aromatic N) is 1. The van der Waals surface area contributed by atoms with E-state index in [9.17, 15) is 4.79 Å². The molecule has 1 amide bonds. The van der Waals surface area contributed by atoms with E-state index < -0.39 is 5.91 Å². The second-order valence-electron chi connectivity index (χ2n) is 7.02. The lowest BCUT2D eigenvalue weighted by Gasteiger charge is -2.13. The molecule has 1 aromatic heterocycles. The van der Waals surface area contributed by atoms with Crippen molar-refractivity contribution < 1.29 is 18.7 Å². The molecule has 1 N–H and O–H groups in total. The number of rotatable bonds is 7. The highest BCUT2D eigenvalue weighted by molar-refractivity contribution is 9.11. The number of methoxy groups -OCH3 is 1. The highest BCUT2D eigenvalue weighted by atomic mass is 79.9. The van der Waals surface area contributed by atoms with Gasteiger partial charge in [-0.2, -0.15) is 5.10 Å². The highest BCUT2D eigenvalue weighted by Crippen LogP contribution is 2.34. The topological polar surface area (TPSA) is 73.1 Å². The first-order valence-corrected chi connectivity index (χ1v) is 12.6. The first kappa shape index (κ1) is 24.8. The summed E-state index contributed by atoms with van der Waals surface area (Å²) in [7, 11) is 1.55. The van der Waals surface area contributed by atoms with Crippen LogP contribution in [0.3, 0.4) is 0 Å². The van der Waals surface area contributed by atoms with Crippen molar-refractivity contribution >= 4 is 82.5 Å². The zero-order chi connectivity index (χ0) is 24.2. The van der Waals surface area contributed by atoms with Crippen LogP contribution in [-0.4, -0.2) is 19.2 Å². The number of benzene rings is 3. The summed E-state index contributed by atoms with van der Waals surface area (Å²) in [6.45, 7) is 0.288. The van der Waals surface area contributed by atoms with Crippen molar-refractivity contribution in [3.8, 4) is 11.5 Å². The van der Waals surface area contributed by atoms with Gasteiger partial charge >= 0.3 is 5.91 Å². The van der Waals surface area contributed by atoms with E-state index in [1.165, 1.54) is 6.21 Å². The predicted octanol–water partition coefficient (Wildman–Crippen LogP) is 7.73. The molecule has 0 saturated heterocycles. The molecule has 1 heterocycles. The van der Waals surface area contributed by atoms with E-state index in [0.717, 1.165) is 19.9 Å². The van der Waals surface area contributed by atoms with Crippen molar-refractivity contribution in [3.63, 3.8) is 0 Å². The van der Waals surface area contributed by atoms with Gasteiger partial charge in [-0.05, 0) is 68.3 Å². The van der Waals surface area contributed by atoms with E-state index in [-0.39, 0.29) is 12.4 Å². The van der Waals surface area contributed by atoms with Gasteiger partial charge in [0.2, 0.25) is 0 Å². The number of furan rings is 1. The Morgan fingerprint density at radius 3 is 2.65 bits per heavy atom. The first-order valence-electron chi connectivity index (χ1n) is 9.81. The molecule has 0 saturated carbocycles. The Kier molecular flexibility index (Phi) is 7.98. The van der Waals surface area contributed by atoms with Crippen LogP contribution >= 0.6 is 59.4 Å². The van der Waals surface area contributed by atoms with Crippen LogP contribution in [-0.2, 0) is 6.61 Å². The summed E-state index contributed by atoms with van der Waals surface area (Å²) in [5.41, 5.74) is 4.60. The van der Waals surface area contributed by atoms with Crippen LogP contribution in [0.25, 0.3) is 11.0 Å². The molecule has 0 aliphatic rings. The lowest BCUT2D eigenvalue weighted by atomic mass is 10.2. The van der Waals surface area contributed by atoms with Crippen LogP contribution in [0.1, 0.15) is 21.7 Å². The lowest BCUT2D eigenvalue weighted by Crippen LogP contribution is -2.16. The maximum absolute atomic E-state index is 12.5. The van der Waals surface area contributed by atoms with E-state index in [0.29, 0.717) is 32.1 Å². The number of nitrogens with one attached hydrogen (secondary N) is 1. The number of halogens is 4. The number of hydrogen-bond acceptors (Lipinski definition) is 5. The molecule has 0 aliphatic carbocycles. The molecule has 0 spiro atoms. The van der Waals surface area contributed by atoms with Crippen molar-refractivity contribution in [2.24, 2.45) is 5.10 Å². The van der Waals surface area contributed by atoms with Gasteiger partial charge in [0, 0.05) is 30.5 Å². The van der Waals surface area contributed by atoms with Crippen molar-refractivity contribution in [2.75, 3.05) is 7.11 Å². The Morgan fingerprint density at radius 1 is 1.09 bits per heavy atom. The predicted molar refractivity (Wildman–Crippen MR) is 143 cm³/mol. The summed E-state index contributed by atoms with van der Waals surface area (Å²) < 4.78 is 19.3. The minimum atomic E-state index is -0.474. The number of hydrazone groups is 1. The SMILES string of the molecule is COc1cc(/C=N\NC(=O)c2cc3cc(Br)cc(Br)c3o2)c(Br)cc1OCc1ccccc1Cl. The van der Waals surface area contributed by atoms with Crippen LogP contribution < -0.4 is 14.9 Å². The monoisotopic (exact) mass is 668 g/mol. The van der Waals surface area contributed by atoms with Gasteiger partial charge in [-0.25, -0.2) is 5.43 Å². The number of fused-ring (bicyclic) bond motifs is 1. The lowest BCUT2D eigenvalue weighted by molar-refractivity contribution is 0.0929. The Balaban J connectivity index is 1.47. The average Bonchev–Trinajstić information content (AvgIpc) is 3.24. The number of ether oxygens (including phenoxy) is 2. The first-order chi connectivity index (χ1) is 16.4. The van der Waals surface area contributed by atoms with E-state index in [4.69, 9.17) is 25.5 Å². The normalized spacial score (nSPS) is 11.2. The largest absolute Gasteiger partial charge is 0.493 e. The molecule has 3 aromatic carbocycles. The molecular formula is C24H16Br3ClN2O4. The Morgan fingerprint density at radius 2 is 1.88 bits per heavy atom. The van der Waals surface area contributed by atoms with Crippen molar-refractivity contribution in [3.05, 3.63) is 89.9 Å². The summed E-state index contributed by atoms with van der Waals surface area (Å²) in [4.78, 5) is 12.5. The quantitative estimate of drug-likeness (QED) is 0.161. The fourth-order valence-corrected chi connectivity index (χ4v) is 5.05. The van der Waals surface area contributed by atoms with Gasteiger partial charge in [0.15, 0.2) is 17.3 Å². The fraction of sp³-hybridized carbons (Fsp3) is 0.0833. The smallest absolute Gasteiger partial charge is 0.307 e. The summed E-state index contributed by atoms with van der Waals surface area (Å²) in [6.07, 6.45) is 1.50. The van der Waals surface area contributed by atoms with Crippen molar-refractivity contribution in [1.82, 2.24) is 5.43 Å². The number of amides is 1. The molecule has 10 heteroatoms. The van der Waals surface area contributed by atoms with Crippen LogP contribution in [0, 0.1) is 0 Å². The molecule has 0 radical (unpaired) electrons. The van der Waals surface area contributed by atoms with Gasteiger partial charge in [-0.1, -0.05) is 45.7 Å². The van der Waals surface area contributed by atoms with Gasteiger partial charge in [0.1, 0.15) is 12.2 Å². The second-order valence-corrected chi connectivity index (χ2v) is 10.1. The maximum atomic E-state index is 12.5. The minimum absolute atomic E-state index is 0.144. The van der Waals surface area contributed by atoms with Gasteiger partial charge in [-0.3, -0.25) is 4.79 Å². The van der Waals surface area contributed by atoms with Crippen LogP contribution in [0.2, 0.25) is 5.02 Å². The van der Waals surface area contributed by atoms with E-state index in [2.05, 4.69) is 58.3 Å². The molecule has 174 valence electrons. The van der Waals surface area contributed by atoms with Gasteiger partial charge in [0.05, 0.1) is 17.8 Å². The van der Waals surface area contributed by atoms with Crippen molar-refractivity contribution in [1.29, 1.82) is 0 Å². The summed E-state index contributed by atoms with van der Waals surface area (Å²) in [6, 6.07) is 16.3. The Labute approximate surface area is 225 Å². The van der Waals surface area contributed by atoms with E-state index >= 15 is 0 Å². The Hall–Kier alpha value is -2.33. The van der Waals surface area contributed by atoms with Gasteiger partial charge in [-0.15, -0.1) is 0 Å². The highest BCUT2D eigenvalue weighted by Gasteiger charge is 2.15. The molecule has 0 fully saturated rings. The van der Waals surface area contributed by atoms with Crippen LogP contribution in [0.4, 0.5) is 0 Å². The molecule has 0 bridgehead atoms. The van der Waals surface area contributed by atoms with Crippen LogP contribution in [0.15, 0.2) is 77.5 Å². The number of carbonyl (C=O) groups is 1. The number of carbonyl (C=O) groups excluding carboxylic acids is 1. The number of hydrogen-bond donors (Lipinski definition) is 1. The van der Waals surface area contributed by atoms with Crippen molar-refractivity contribution in [2.45, 2.75) is 6.61 Å². The van der Waals surface area contributed by atoms with E-state index in [1.807, 2.05) is 36.4 Å². The average molecular weight is 672 g/mol. The molecule has 0 aliphatic heterocycles. The molecular weight excluding hydrogens is 655 g/mol. The fourth-order valence-electron chi connectivity index (χ4n) is 3.10. The third kappa shape index (κ3) is 5.66. The molecule has 0 unspecified atom stereocenters. The molecule has 4 rings (SSSR count). The van der Waals surface area contributed by atoms with E-state index in [1.54, 1.807) is 25.3 Å². The third-order valence-electron chi connectivity index (χ3n) is 4.75. The zero-order valence-corrected chi connectivity index (χ0v) is 23.1.